The van der Waals surface area contributed by atoms with Crippen LogP contribution in [0.25, 0.3) is 10.9 Å². The second-order valence-electron chi connectivity index (χ2n) is 5.70. The molecule has 0 spiro atoms. The summed E-state index contributed by atoms with van der Waals surface area (Å²) in [6.07, 6.45) is 1.59. The first kappa shape index (κ1) is 17.5. The number of carbonyl (C=O) groups is 1. The van der Waals surface area contributed by atoms with Crippen molar-refractivity contribution in [3.8, 4) is 11.5 Å². The molecule has 0 bridgehead atoms. The first-order valence-electron chi connectivity index (χ1n) is 8.24. The zero-order valence-electron chi connectivity index (χ0n) is 14.9. The van der Waals surface area contributed by atoms with Crippen LogP contribution in [-0.2, 0) is 6.54 Å². The number of anilines is 1. The summed E-state index contributed by atoms with van der Waals surface area (Å²) in [7, 11) is 3.06. The fraction of sp³-hybridized carbons (Fsp3) is 0.200. The number of aryl methyl sites for hydroxylation is 1. The molecule has 0 aliphatic rings. The highest BCUT2D eigenvalue weighted by Crippen LogP contribution is 2.24. The third-order valence-electron chi connectivity index (χ3n) is 4.23. The van der Waals surface area contributed by atoms with Crippen LogP contribution in [0.1, 0.15) is 17.3 Å². The topological polar surface area (TPSA) is 69.6 Å². The number of aromatic nitrogens is 1. The van der Waals surface area contributed by atoms with Crippen LogP contribution in [0.4, 0.5) is 5.69 Å². The van der Waals surface area contributed by atoms with E-state index in [9.17, 15) is 9.59 Å². The molecule has 0 atom stereocenters. The minimum absolute atomic E-state index is 0.0681. The van der Waals surface area contributed by atoms with Gasteiger partial charge in [-0.05, 0) is 37.3 Å². The van der Waals surface area contributed by atoms with Crippen LogP contribution in [0.5, 0.6) is 11.5 Å². The van der Waals surface area contributed by atoms with E-state index < -0.39 is 5.91 Å². The highest BCUT2D eigenvalue weighted by Gasteiger charge is 2.17. The summed E-state index contributed by atoms with van der Waals surface area (Å²) >= 11 is 0. The summed E-state index contributed by atoms with van der Waals surface area (Å²) in [5.74, 6) is 0.616. The zero-order chi connectivity index (χ0) is 18.7. The molecule has 3 aromatic rings. The summed E-state index contributed by atoms with van der Waals surface area (Å²) < 4.78 is 12.3. The van der Waals surface area contributed by atoms with Gasteiger partial charge in [0.2, 0.25) is 5.43 Å². The van der Waals surface area contributed by atoms with Crippen molar-refractivity contribution < 1.29 is 14.3 Å². The molecule has 1 N–H and O–H groups in total. The lowest BCUT2D eigenvalue weighted by atomic mass is 10.1. The Labute approximate surface area is 151 Å². The van der Waals surface area contributed by atoms with Crippen LogP contribution < -0.4 is 20.2 Å². The molecule has 0 unspecified atom stereocenters. The largest absolute Gasteiger partial charge is 0.497 e. The number of hydrogen-bond acceptors (Lipinski definition) is 4. The molecule has 1 aromatic heterocycles. The first-order chi connectivity index (χ1) is 12.6. The molecule has 1 amide bonds. The number of pyridine rings is 1. The molecule has 0 aliphatic carbocycles. The normalized spacial score (nSPS) is 10.6. The van der Waals surface area contributed by atoms with E-state index in [2.05, 4.69) is 5.32 Å². The highest BCUT2D eigenvalue weighted by molar-refractivity contribution is 6.06. The van der Waals surface area contributed by atoms with Crippen molar-refractivity contribution in [1.82, 2.24) is 4.57 Å². The molecule has 0 saturated carbocycles. The van der Waals surface area contributed by atoms with E-state index in [1.807, 2.05) is 17.6 Å². The molecule has 26 heavy (non-hydrogen) atoms. The van der Waals surface area contributed by atoms with E-state index in [0.717, 1.165) is 5.52 Å². The second-order valence-corrected chi connectivity index (χ2v) is 5.70. The average Bonchev–Trinajstić information content (AvgIpc) is 2.68. The summed E-state index contributed by atoms with van der Waals surface area (Å²) in [6.45, 7) is 2.58. The molecule has 134 valence electrons. The van der Waals surface area contributed by atoms with Crippen molar-refractivity contribution in [3.05, 3.63) is 64.4 Å². The van der Waals surface area contributed by atoms with Crippen molar-refractivity contribution in [2.45, 2.75) is 13.5 Å². The van der Waals surface area contributed by atoms with Gasteiger partial charge in [0.1, 0.15) is 17.1 Å². The Morgan fingerprint density at radius 3 is 2.58 bits per heavy atom. The van der Waals surface area contributed by atoms with Gasteiger partial charge in [-0.3, -0.25) is 9.59 Å². The molecule has 3 rings (SSSR count). The Hall–Kier alpha value is -3.28. The maximum Gasteiger partial charge on any atom is 0.261 e. The Balaban J connectivity index is 2.10. The SMILES string of the molecule is CCn1cc(C(=O)Nc2ccccc2OC)c(=O)c2cc(OC)ccc21. The predicted molar refractivity (Wildman–Crippen MR) is 101 cm³/mol. The zero-order valence-corrected chi connectivity index (χ0v) is 14.9. The van der Waals surface area contributed by atoms with Crippen LogP contribution in [0.15, 0.2) is 53.5 Å². The molecular weight excluding hydrogens is 332 g/mol. The van der Waals surface area contributed by atoms with Gasteiger partial charge in [-0.25, -0.2) is 0 Å². The van der Waals surface area contributed by atoms with Crippen molar-refractivity contribution in [2.75, 3.05) is 19.5 Å². The second kappa shape index (κ2) is 7.31. The maximum atomic E-state index is 12.9. The van der Waals surface area contributed by atoms with Crippen molar-refractivity contribution in [2.24, 2.45) is 0 Å². The lowest BCUT2D eigenvalue weighted by molar-refractivity contribution is 0.102. The highest BCUT2D eigenvalue weighted by atomic mass is 16.5. The van der Waals surface area contributed by atoms with Crippen molar-refractivity contribution >= 4 is 22.5 Å². The molecule has 6 heteroatoms. The van der Waals surface area contributed by atoms with Crippen molar-refractivity contribution in [1.29, 1.82) is 0 Å². The number of ether oxygens (including phenoxy) is 2. The van der Waals surface area contributed by atoms with Gasteiger partial charge in [-0.1, -0.05) is 12.1 Å². The summed E-state index contributed by atoms with van der Waals surface area (Å²) in [5, 5.41) is 3.20. The van der Waals surface area contributed by atoms with E-state index >= 15 is 0 Å². The van der Waals surface area contributed by atoms with E-state index in [0.29, 0.717) is 29.1 Å². The van der Waals surface area contributed by atoms with Gasteiger partial charge < -0.3 is 19.4 Å². The summed E-state index contributed by atoms with van der Waals surface area (Å²) in [5.41, 5.74) is 0.995. The number of nitrogens with zero attached hydrogens (tertiary/aromatic N) is 1. The predicted octanol–water partition coefficient (Wildman–Crippen LogP) is 3.29. The Morgan fingerprint density at radius 2 is 1.88 bits per heavy atom. The molecule has 0 saturated heterocycles. The standard InChI is InChI=1S/C20H20N2O4/c1-4-22-12-15(19(23)14-11-13(25-2)9-10-17(14)22)20(24)21-16-7-5-6-8-18(16)26-3/h5-12H,4H2,1-3H3,(H,21,24). The van der Waals surface area contributed by atoms with Gasteiger partial charge in [0.25, 0.3) is 5.91 Å². The Morgan fingerprint density at radius 1 is 1.12 bits per heavy atom. The number of fused-ring (bicyclic) bond motifs is 1. The lowest BCUT2D eigenvalue weighted by Crippen LogP contribution is -2.24. The number of amides is 1. The lowest BCUT2D eigenvalue weighted by Gasteiger charge is -2.13. The van der Waals surface area contributed by atoms with Crippen LogP contribution in [0.2, 0.25) is 0 Å². The number of methoxy groups -OCH3 is 2. The van der Waals surface area contributed by atoms with E-state index in [4.69, 9.17) is 9.47 Å². The van der Waals surface area contributed by atoms with Gasteiger partial charge in [-0.2, -0.15) is 0 Å². The fourth-order valence-corrected chi connectivity index (χ4v) is 2.86. The number of nitrogens with one attached hydrogen (secondary N) is 1. The smallest absolute Gasteiger partial charge is 0.261 e. The van der Waals surface area contributed by atoms with E-state index in [-0.39, 0.29) is 11.0 Å². The van der Waals surface area contributed by atoms with Crippen LogP contribution in [0.3, 0.4) is 0 Å². The molecule has 0 radical (unpaired) electrons. The van der Waals surface area contributed by atoms with Gasteiger partial charge in [0, 0.05) is 12.7 Å². The number of benzene rings is 2. The minimum Gasteiger partial charge on any atom is -0.497 e. The summed E-state index contributed by atoms with van der Waals surface area (Å²) in [6, 6.07) is 12.3. The first-order valence-corrected chi connectivity index (χ1v) is 8.24. The van der Waals surface area contributed by atoms with Crippen molar-refractivity contribution in [3.63, 3.8) is 0 Å². The van der Waals surface area contributed by atoms with E-state index in [1.54, 1.807) is 42.6 Å². The monoisotopic (exact) mass is 352 g/mol. The minimum atomic E-state index is -0.480. The molecule has 0 fully saturated rings. The quantitative estimate of drug-likeness (QED) is 0.765. The van der Waals surface area contributed by atoms with Gasteiger partial charge in [0.15, 0.2) is 0 Å². The molecule has 6 nitrogen and oxygen atoms in total. The van der Waals surface area contributed by atoms with Gasteiger partial charge in [0.05, 0.1) is 30.8 Å². The Bertz CT molecular complexity index is 1020. The van der Waals surface area contributed by atoms with Gasteiger partial charge >= 0.3 is 0 Å². The Kier molecular flexibility index (Phi) is 4.93. The van der Waals surface area contributed by atoms with E-state index in [1.165, 1.54) is 14.2 Å². The molecular formula is C20H20N2O4. The maximum absolute atomic E-state index is 12.9. The van der Waals surface area contributed by atoms with Crippen LogP contribution >= 0.6 is 0 Å². The van der Waals surface area contributed by atoms with Gasteiger partial charge in [-0.15, -0.1) is 0 Å². The third-order valence-corrected chi connectivity index (χ3v) is 4.23. The van der Waals surface area contributed by atoms with Crippen LogP contribution in [0, 0.1) is 0 Å². The number of rotatable bonds is 5. The third kappa shape index (κ3) is 3.13. The average molecular weight is 352 g/mol. The molecule has 1 heterocycles. The molecule has 0 aliphatic heterocycles. The summed E-state index contributed by atoms with van der Waals surface area (Å²) in [4.78, 5) is 25.6. The molecule has 2 aromatic carbocycles. The number of para-hydroxylation sites is 2. The fourth-order valence-electron chi connectivity index (χ4n) is 2.86. The number of hydrogen-bond donors (Lipinski definition) is 1. The van der Waals surface area contributed by atoms with Crippen LogP contribution in [-0.4, -0.2) is 24.7 Å². The number of carbonyl (C=O) groups excluding carboxylic acids is 1.